The summed E-state index contributed by atoms with van der Waals surface area (Å²) >= 11 is 0. The van der Waals surface area contributed by atoms with Crippen LogP contribution in [-0.2, 0) is 9.59 Å². The van der Waals surface area contributed by atoms with Gasteiger partial charge in [0.2, 0.25) is 6.79 Å². The third-order valence-corrected chi connectivity index (χ3v) is 10.1. The summed E-state index contributed by atoms with van der Waals surface area (Å²) in [6.07, 6.45) is 0.803. The average Bonchev–Trinajstić information content (AvgIpc) is 3.27. The van der Waals surface area contributed by atoms with Crippen molar-refractivity contribution in [3.05, 3.63) is 23.8 Å². The normalized spacial score (nSPS) is 38.0. The number of carbonyl (C=O) groups excluding carboxylic acids is 2. The van der Waals surface area contributed by atoms with E-state index in [9.17, 15) is 14.9 Å². The van der Waals surface area contributed by atoms with Crippen LogP contribution < -0.4 is 9.47 Å². The van der Waals surface area contributed by atoms with E-state index >= 15 is 0 Å². The molecule has 5 aliphatic rings. The molecule has 2 bridgehead atoms. The molecule has 0 N–H and O–H groups in total. The van der Waals surface area contributed by atoms with Gasteiger partial charge >= 0.3 is 0 Å². The second-order valence-electron chi connectivity index (χ2n) is 7.85. The molecule has 5 heterocycles. The van der Waals surface area contributed by atoms with E-state index in [1.165, 1.54) is 21.6 Å². The molecule has 146 valence electrons. The smallest absolute Gasteiger partial charge is 0.262 e. The molecule has 1 aromatic rings. The summed E-state index contributed by atoms with van der Waals surface area (Å²) in [4.78, 5) is 28.4. The molecule has 0 saturated carbocycles. The Balaban J connectivity index is 1.71. The lowest BCUT2D eigenvalue weighted by atomic mass is 9.79. The number of piperazine rings is 1. The minimum atomic E-state index is -1.06. The number of nitrogens with zero attached hydrogens (tertiary/aromatic N) is 3. The number of carbonyl (C=O) groups is 2. The molecule has 4 atom stereocenters. The Kier molecular flexibility index (Phi) is 3.55. The van der Waals surface area contributed by atoms with Gasteiger partial charge in [0, 0.05) is 13.5 Å². The van der Waals surface area contributed by atoms with Crippen LogP contribution in [0.1, 0.15) is 38.3 Å². The fourth-order valence-corrected chi connectivity index (χ4v) is 8.83. The van der Waals surface area contributed by atoms with E-state index in [1.807, 2.05) is 26.0 Å². The molecule has 28 heavy (non-hydrogen) atoms. The van der Waals surface area contributed by atoms with Crippen LogP contribution in [0, 0.1) is 16.7 Å². The highest BCUT2D eigenvalue weighted by Crippen LogP contribution is 2.70. The zero-order valence-electron chi connectivity index (χ0n) is 15.7. The fourth-order valence-electron chi connectivity index (χ4n) is 4.87. The number of nitriles is 1. The first-order chi connectivity index (χ1) is 13.3. The van der Waals surface area contributed by atoms with E-state index in [0.29, 0.717) is 24.3 Å². The van der Waals surface area contributed by atoms with Gasteiger partial charge in [-0.15, -0.1) is 0 Å². The van der Waals surface area contributed by atoms with Crippen LogP contribution in [0.3, 0.4) is 0 Å². The molecule has 5 aliphatic heterocycles. The summed E-state index contributed by atoms with van der Waals surface area (Å²) < 4.78 is 10.9. The van der Waals surface area contributed by atoms with Crippen LogP contribution in [0.4, 0.5) is 0 Å². The van der Waals surface area contributed by atoms with Gasteiger partial charge in [-0.25, -0.2) is 0 Å². The van der Waals surface area contributed by atoms with Gasteiger partial charge in [-0.2, -0.15) is 5.26 Å². The van der Waals surface area contributed by atoms with E-state index in [4.69, 9.17) is 9.47 Å². The molecule has 0 aromatic heterocycles. The minimum Gasteiger partial charge on any atom is -0.454 e. The Morgan fingerprint density at radius 3 is 2.71 bits per heavy atom. The molecule has 4 saturated heterocycles. The Bertz CT molecular complexity index is 965. The third kappa shape index (κ3) is 1.88. The molecule has 0 aliphatic carbocycles. The van der Waals surface area contributed by atoms with E-state index in [1.54, 1.807) is 22.9 Å². The number of hydrogen-bond donors (Lipinski definition) is 0. The topological polar surface area (TPSA) is 82.9 Å². The molecular weight excluding hydrogens is 398 g/mol. The molecule has 0 unspecified atom stereocenters. The molecule has 2 amide bonds. The largest absolute Gasteiger partial charge is 0.454 e. The first kappa shape index (κ1) is 18.0. The lowest BCUT2D eigenvalue weighted by Gasteiger charge is -2.58. The molecule has 0 radical (unpaired) electrons. The predicted molar refractivity (Wildman–Crippen MR) is 104 cm³/mol. The second-order valence-corrected chi connectivity index (χ2v) is 10.5. The zero-order valence-corrected chi connectivity index (χ0v) is 17.4. The minimum absolute atomic E-state index is 0.0949. The summed E-state index contributed by atoms with van der Waals surface area (Å²) in [5, 5.41) is 10.1. The molecular formula is C19H19N3O4S2. The predicted octanol–water partition coefficient (Wildman–Crippen LogP) is 2.89. The van der Waals surface area contributed by atoms with Gasteiger partial charge in [0.15, 0.2) is 21.2 Å². The van der Waals surface area contributed by atoms with Crippen molar-refractivity contribution in [1.82, 2.24) is 9.80 Å². The molecule has 4 fully saturated rings. The molecule has 1 aromatic carbocycles. The quantitative estimate of drug-likeness (QED) is 0.684. The summed E-state index contributed by atoms with van der Waals surface area (Å²) in [5.74, 6) is 1.06. The summed E-state index contributed by atoms with van der Waals surface area (Å²) in [7, 11) is 4.59. The highest BCUT2D eigenvalue weighted by atomic mass is 33.1. The van der Waals surface area contributed by atoms with Crippen molar-refractivity contribution >= 4 is 33.4 Å². The third-order valence-electron chi connectivity index (χ3n) is 6.36. The van der Waals surface area contributed by atoms with Gasteiger partial charge in [0.1, 0.15) is 0 Å². The van der Waals surface area contributed by atoms with Crippen LogP contribution in [0.2, 0.25) is 0 Å². The summed E-state index contributed by atoms with van der Waals surface area (Å²) in [6.45, 7) is 3.91. The number of amides is 2. The summed E-state index contributed by atoms with van der Waals surface area (Å²) in [6, 6.07) is 7.39. The lowest BCUT2D eigenvalue weighted by molar-refractivity contribution is -0.165. The van der Waals surface area contributed by atoms with Crippen molar-refractivity contribution in [1.29, 1.82) is 5.26 Å². The van der Waals surface area contributed by atoms with Crippen molar-refractivity contribution in [2.45, 2.75) is 42.5 Å². The van der Waals surface area contributed by atoms with Crippen molar-refractivity contribution in [3.63, 3.8) is 0 Å². The van der Waals surface area contributed by atoms with E-state index < -0.39 is 21.2 Å². The highest BCUT2D eigenvalue weighted by molar-refractivity contribution is 8.78. The van der Waals surface area contributed by atoms with Crippen LogP contribution in [0.5, 0.6) is 11.5 Å². The van der Waals surface area contributed by atoms with Crippen LogP contribution in [-0.4, -0.2) is 45.2 Å². The standard InChI is InChI=1S/C19H19N3O4S2/c1-4-18-16(24)22-14(11-5-6-12-13(7-11)26-10-25-12)17(2,9-20)8-19(22,28-27-18)15(23)21(18)3/h5-7,14H,4,8,10H2,1-3H3/t14-,17+,18+,19-/m0/s1. The second kappa shape index (κ2) is 5.51. The van der Waals surface area contributed by atoms with Crippen LogP contribution >= 0.6 is 21.6 Å². The van der Waals surface area contributed by atoms with Crippen LogP contribution in [0.15, 0.2) is 18.2 Å². The number of likely N-dealkylation sites (N-methyl/N-ethyl adjacent to an activating group) is 1. The zero-order chi connectivity index (χ0) is 19.9. The van der Waals surface area contributed by atoms with Gasteiger partial charge in [-0.3, -0.25) is 9.59 Å². The van der Waals surface area contributed by atoms with E-state index in [-0.39, 0.29) is 18.6 Å². The van der Waals surface area contributed by atoms with Gasteiger partial charge in [-0.1, -0.05) is 34.6 Å². The Hall–Kier alpha value is -2.05. The SMILES string of the molecule is CC[C@@]12SS[C@@]3(C[C@](C)(C#N)[C@H](c4ccc5c(c4)OCO5)N3C1=O)C(=O)N2C. The molecule has 1 spiro atoms. The number of fused-ring (bicyclic) bond motifs is 3. The Morgan fingerprint density at radius 1 is 1.25 bits per heavy atom. The van der Waals surface area contributed by atoms with Crippen LogP contribution in [0.25, 0.3) is 0 Å². The van der Waals surface area contributed by atoms with Gasteiger partial charge < -0.3 is 19.3 Å². The summed E-state index contributed by atoms with van der Waals surface area (Å²) in [5.41, 5.74) is -0.111. The monoisotopic (exact) mass is 417 g/mol. The van der Waals surface area contributed by atoms with Gasteiger partial charge in [0.25, 0.3) is 11.8 Å². The first-order valence-corrected chi connectivity index (χ1v) is 11.3. The molecule has 6 rings (SSSR count). The van der Waals surface area contributed by atoms with Crippen molar-refractivity contribution < 1.29 is 19.1 Å². The number of benzene rings is 1. The van der Waals surface area contributed by atoms with Crippen molar-refractivity contribution in [2.24, 2.45) is 5.41 Å². The Morgan fingerprint density at radius 2 is 2.00 bits per heavy atom. The first-order valence-electron chi connectivity index (χ1n) is 9.13. The van der Waals surface area contributed by atoms with Crippen molar-refractivity contribution in [2.75, 3.05) is 13.8 Å². The number of ether oxygens (including phenoxy) is 2. The highest BCUT2D eigenvalue weighted by Gasteiger charge is 2.75. The van der Waals surface area contributed by atoms with E-state index in [2.05, 4.69) is 6.07 Å². The van der Waals surface area contributed by atoms with Crippen molar-refractivity contribution in [3.8, 4) is 17.6 Å². The average molecular weight is 418 g/mol. The lowest BCUT2D eigenvalue weighted by Crippen LogP contribution is -2.74. The maximum absolute atomic E-state index is 13.7. The maximum atomic E-state index is 13.7. The Labute approximate surface area is 170 Å². The van der Waals surface area contributed by atoms with Gasteiger partial charge in [-0.05, 0) is 31.0 Å². The van der Waals surface area contributed by atoms with Gasteiger partial charge in [0.05, 0.1) is 17.5 Å². The molecule has 7 nitrogen and oxygen atoms in total. The van der Waals surface area contributed by atoms with E-state index in [0.717, 1.165) is 5.56 Å². The fraction of sp³-hybridized carbons (Fsp3) is 0.526. The number of hydrogen-bond acceptors (Lipinski definition) is 7. The maximum Gasteiger partial charge on any atom is 0.262 e. The molecule has 9 heteroatoms. The number of rotatable bonds is 2.